The zero-order valence-corrected chi connectivity index (χ0v) is 18.1. The van der Waals surface area contributed by atoms with E-state index < -0.39 is 23.4 Å². The number of halogens is 5. The van der Waals surface area contributed by atoms with Crippen molar-refractivity contribution in [3.63, 3.8) is 0 Å². The third-order valence-electron chi connectivity index (χ3n) is 5.89. The first-order chi connectivity index (χ1) is 15.8. The zero-order valence-electron chi connectivity index (χ0n) is 18.1. The lowest BCUT2D eigenvalue weighted by Crippen LogP contribution is -2.11. The second kappa shape index (κ2) is 9.34. The van der Waals surface area contributed by atoms with E-state index in [-0.39, 0.29) is 10.8 Å². The van der Waals surface area contributed by atoms with Crippen molar-refractivity contribution in [3.8, 4) is 22.3 Å². The summed E-state index contributed by atoms with van der Waals surface area (Å²) in [5.41, 5.74) is 3.04. The highest BCUT2D eigenvalue weighted by Gasteiger charge is 2.38. The SMILES string of the molecule is CCCCCc1ccc(-c2ccc(-c3ccc4c(F)c(C(F)(F)F)c(F)cc4c3)cc2)cc1. The minimum atomic E-state index is -5.09. The Bertz CT molecular complexity index is 1250. The van der Waals surface area contributed by atoms with Crippen LogP contribution in [0.1, 0.15) is 37.3 Å². The summed E-state index contributed by atoms with van der Waals surface area (Å²) < 4.78 is 67.3. The van der Waals surface area contributed by atoms with Crippen molar-refractivity contribution in [3.05, 3.63) is 95.6 Å². The molecule has 4 aromatic rings. The van der Waals surface area contributed by atoms with Crippen LogP contribution in [-0.4, -0.2) is 0 Å². The highest BCUT2D eigenvalue weighted by Crippen LogP contribution is 2.38. The topological polar surface area (TPSA) is 0 Å². The maximum absolute atomic E-state index is 14.4. The molecule has 0 unspecified atom stereocenters. The second-order valence-electron chi connectivity index (χ2n) is 8.21. The van der Waals surface area contributed by atoms with Crippen molar-refractivity contribution in [2.75, 3.05) is 0 Å². The van der Waals surface area contributed by atoms with Gasteiger partial charge in [-0.2, -0.15) is 13.2 Å². The molecule has 5 heteroatoms. The first-order valence-corrected chi connectivity index (χ1v) is 11.0. The van der Waals surface area contributed by atoms with Gasteiger partial charge >= 0.3 is 6.18 Å². The molecule has 0 saturated heterocycles. The molecule has 0 aliphatic rings. The zero-order chi connectivity index (χ0) is 23.6. The maximum atomic E-state index is 14.4. The number of fused-ring (bicyclic) bond motifs is 1. The van der Waals surface area contributed by atoms with Crippen LogP contribution >= 0.6 is 0 Å². The highest BCUT2D eigenvalue weighted by atomic mass is 19.4. The lowest BCUT2D eigenvalue weighted by molar-refractivity contribution is -0.142. The molecule has 0 N–H and O–H groups in total. The van der Waals surface area contributed by atoms with Gasteiger partial charge in [0.15, 0.2) is 0 Å². The molecule has 0 spiro atoms. The molecule has 0 aromatic heterocycles. The van der Waals surface area contributed by atoms with E-state index in [0.29, 0.717) is 5.56 Å². The molecule has 0 amide bonds. The van der Waals surface area contributed by atoms with E-state index in [2.05, 4.69) is 31.2 Å². The van der Waals surface area contributed by atoms with Crippen molar-refractivity contribution < 1.29 is 22.0 Å². The molecule has 0 atom stereocenters. The fraction of sp³-hybridized carbons (Fsp3) is 0.214. The Morgan fingerprint density at radius 3 is 1.79 bits per heavy atom. The molecule has 0 nitrogen and oxygen atoms in total. The third kappa shape index (κ3) is 4.92. The average molecular weight is 454 g/mol. The van der Waals surface area contributed by atoms with E-state index in [9.17, 15) is 22.0 Å². The maximum Gasteiger partial charge on any atom is 0.422 e. The minimum absolute atomic E-state index is 0.0817. The number of benzene rings is 4. The Labute approximate surface area is 189 Å². The van der Waals surface area contributed by atoms with Gasteiger partial charge in [-0.3, -0.25) is 0 Å². The normalized spacial score (nSPS) is 11.8. The summed E-state index contributed by atoms with van der Waals surface area (Å²) in [4.78, 5) is 0. The highest BCUT2D eigenvalue weighted by molar-refractivity contribution is 5.89. The van der Waals surface area contributed by atoms with E-state index in [4.69, 9.17) is 0 Å². The minimum Gasteiger partial charge on any atom is -0.206 e. The smallest absolute Gasteiger partial charge is 0.206 e. The average Bonchev–Trinajstić information content (AvgIpc) is 2.78. The quantitative estimate of drug-likeness (QED) is 0.201. The molecule has 4 aromatic carbocycles. The Kier molecular flexibility index (Phi) is 6.50. The summed E-state index contributed by atoms with van der Waals surface area (Å²) in [6, 6.07) is 21.2. The van der Waals surface area contributed by atoms with Crippen LogP contribution in [0, 0.1) is 11.6 Å². The van der Waals surface area contributed by atoms with Gasteiger partial charge in [0, 0.05) is 5.39 Å². The van der Waals surface area contributed by atoms with Gasteiger partial charge in [-0.15, -0.1) is 0 Å². The van der Waals surface area contributed by atoms with E-state index in [1.165, 1.54) is 37.0 Å². The second-order valence-corrected chi connectivity index (χ2v) is 8.21. The molecule has 33 heavy (non-hydrogen) atoms. The van der Waals surface area contributed by atoms with Crippen LogP contribution in [0.5, 0.6) is 0 Å². The third-order valence-corrected chi connectivity index (χ3v) is 5.89. The Hall–Kier alpha value is -3.21. The van der Waals surface area contributed by atoms with Crippen LogP contribution in [0.2, 0.25) is 0 Å². The van der Waals surface area contributed by atoms with Crippen LogP contribution in [-0.2, 0) is 12.6 Å². The molecular weight excluding hydrogens is 431 g/mol. The molecule has 4 rings (SSSR count). The molecule has 0 saturated carbocycles. The molecule has 0 bridgehead atoms. The number of hydrogen-bond acceptors (Lipinski definition) is 0. The Morgan fingerprint density at radius 2 is 1.21 bits per heavy atom. The van der Waals surface area contributed by atoms with Gasteiger partial charge in [0.1, 0.15) is 17.2 Å². The monoisotopic (exact) mass is 454 g/mol. The van der Waals surface area contributed by atoms with Crippen molar-refractivity contribution in [2.45, 2.75) is 38.8 Å². The molecule has 0 radical (unpaired) electrons. The van der Waals surface area contributed by atoms with Gasteiger partial charge in [0.05, 0.1) is 0 Å². The molecule has 0 aliphatic carbocycles. The summed E-state index contributed by atoms with van der Waals surface area (Å²) in [5.74, 6) is -3.20. The van der Waals surface area contributed by atoms with Crippen LogP contribution < -0.4 is 0 Å². The van der Waals surface area contributed by atoms with E-state index in [0.717, 1.165) is 29.2 Å². The number of rotatable bonds is 6. The van der Waals surface area contributed by atoms with Gasteiger partial charge in [-0.1, -0.05) is 80.4 Å². The molecule has 0 heterocycles. The van der Waals surface area contributed by atoms with Crippen LogP contribution in [0.25, 0.3) is 33.0 Å². The van der Waals surface area contributed by atoms with Gasteiger partial charge < -0.3 is 0 Å². The number of unbranched alkanes of at least 4 members (excludes halogenated alkanes) is 2. The summed E-state index contributed by atoms with van der Waals surface area (Å²) in [6.07, 6.45) is -0.423. The summed E-state index contributed by atoms with van der Waals surface area (Å²) >= 11 is 0. The van der Waals surface area contributed by atoms with E-state index in [1.54, 1.807) is 6.07 Å². The fourth-order valence-electron chi connectivity index (χ4n) is 4.07. The number of aryl methyl sites for hydroxylation is 1. The van der Waals surface area contributed by atoms with Crippen molar-refractivity contribution in [2.24, 2.45) is 0 Å². The van der Waals surface area contributed by atoms with E-state index >= 15 is 0 Å². The lowest BCUT2D eigenvalue weighted by atomic mass is 9.96. The van der Waals surface area contributed by atoms with Gasteiger partial charge in [-0.25, -0.2) is 8.78 Å². The van der Waals surface area contributed by atoms with Crippen molar-refractivity contribution in [1.29, 1.82) is 0 Å². The Balaban J connectivity index is 1.59. The lowest BCUT2D eigenvalue weighted by Gasteiger charge is -2.12. The molecule has 0 aliphatic heterocycles. The predicted molar refractivity (Wildman–Crippen MR) is 123 cm³/mol. The Morgan fingerprint density at radius 1 is 0.667 bits per heavy atom. The van der Waals surface area contributed by atoms with Crippen LogP contribution in [0.4, 0.5) is 22.0 Å². The van der Waals surface area contributed by atoms with Crippen LogP contribution in [0.15, 0.2) is 72.8 Å². The van der Waals surface area contributed by atoms with Crippen molar-refractivity contribution >= 4 is 10.8 Å². The first kappa shape index (κ1) is 23.0. The summed E-state index contributed by atoms with van der Waals surface area (Å²) in [7, 11) is 0. The number of alkyl halides is 3. The molecular formula is C28H23F5. The summed E-state index contributed by atoms with van der Waals surface area (Å²) in [5, 5.41) is -0.179. The molecule has 170 valence electrons. The fourth-order valence-corrected chi connectivity index (χ4v) is 4.07. The molecule has 0 fully saturated rings. The number of hydrogen-bond donors (Lipinski definition) is 0. The predicted octanol–water partition coefficient (Wildman–Crippen LogP) is 9.20. The van der Waals surface area contributed by atoms with Gasteiger partial charge in [0.25, 0.3) is 0 Å². The largest absolute Gasteiger partial charge is 0.422 e. The van der Waals surface area contributed by atoms with Gasteiger partial charge in [0.2, 0.25) is 0 Å². The van der Waals surface area contributed by atoms with E-state index in [1.807, 2.05) is 24.3 Å². The standard InChI is InChI=1S/C28H23F5/c1-2-3-4-5-18-6-8-19(9-7-18)20-10-12-21(13-11-20)22-14-15-24-23(16-22)17-25(29)26(27(24)30)28(31,32)33/h6-17H,2-5H2,1H3. The van der Waals surface area contributed by atoms with Crippen LogP contribution in [0.3, 0.4) is 0 Å². The summed E-state index contributed by atoms with van der Waals surface area (Å²) in [6.45, 7) is 2.19. The van der Waals surface area contributed by atoms with Gasteiger partial charge in [-0.05, 0) is 58.2 Å². The van der Waals surface area contributed by atoms with Crippen molar-refractivity contribution in [1.82, 2.24) is 0 Å². The first-order valence-electron chi connectivity index (χ1n) is 11.0.